The van der Waals surface area contributed by atoms with Gasteiger partial charge in [0, 0.05) is 26.8 Å². The molecule has 3 aliphatic rings. The van der Waals surface area contributed by atoms with E-state index in [-0.39, 0.29) is 33.8 Å². The van der Waals surface area contributed by atoms with E-state index in [0.717, 1.165) is 55.5 Å². The van der Waals surface area contributed by atoms with Gasteiger partial charge in [0.15, 0.2) is 0 Å². The van der Waals surface area contributed by atoms with Crippen molar-refractivity contribution in [1.29, 1.82) is 0 Å². The summed E-state index contributed by atoms with van der Waals surface area (Å²) >= 11 is 15.0. The van der Waals surface area contributed by atoms with Crippen LogP contribution in [0, 0.1) is 5.41 Å². The van der Waals surface area contributed by atoms with Crippen LogP contribution in [0.4, 0.5) is 0 Å². The smallest absolute Gasteiger partial charge is 0.228 e. The van der Waals surface area contributed by atoms with E-state index in [0.29, 0.717) is 19.6 Å². The van der Waals surface area contributed by atoms with Crippen molar-refractivity contribution in [3.05, 3.63) is 41.6 Å². The van der Waals surface area contributed by atoms with Gasteiger partial charge < -0.3 is 14.8 Å². The molecule has 0 radical (unpaired) electrons. The third-order valence-electron chi connectivity index (χ3n) is 7.50. The van der Waals surface area contributed by atoms with Crippen molar-refractivity contribution in [3.63, 3.8) is 0 Å². The molecule has 2 aliphatic carbocycles. The molecule has 182 valence electrons. The molecular weight excluding hydrogens is 477 g/mol. The number of hydrogen-bond acceptors (Lipinski definition) is 4. The summed E-state index contributed by atoms with van der Waals surface area (Å²) in [5.41, 5.74) is 1.56. The Labute approximate surface area is 212 Å². The van der Waals surface area contributed by atoms with Gasteiger partial charge in [-0.25, -0.2) is 0 Å². The highest BCUT2D eigenvalue weighted by atomic mass is 35.5. The van der Waals surface area contributed by atoms with E-state index in [1.54, 1.807) is 0 Å². The van der Waals surface area contributed by atoms with Crippen LogP contribution in [0.2, 0.25) is 0 Å². The molecule has 1 amide bonds. The molecule has 7 heteroatoms. The second kappa shape index (κ2) is 10.9. The van der Waals surface area contributed by atoms with E-state index in [1.807, 2.05) is 23.9 Å². The van der Waals surface area contributed by atoms with E-state index in [1.165, 1.54) is 4.90 Å². The molecule has 1 aromatic carbocycles. The molecule has 4 unspecified atom stereocenters. The van der Waals surface area contributed by atoms with Gasteiger partial charge in [-0.05, 0) is 62.0 Å². The summed E-state index contributed by atoms with van der Waals surface area (Å²) in [7, 11) is 0. The fraction of sp³-hybridized carbons (Fsp3) is 0.654. The largest absolute Gasteiger partial charge is 0.375 e. The molecule has 2 fully saturated rings. The number of hydrogen-bond donors (Lipinski definition) is 1. The molecule has 33 heavy (non-hydrogen) atoms. The summed E-state index contributed by atoms with van der Waals surface area (Å²) < 4.78 is 12.4. The number of ether oxygens (including phenoxy) is 2. The summed E-state index contributed by atoms with van der Waals surface area (Å²) in [5.74, 6) is 1.09. The Bertz CT molecular complexity index is 858. The Hall–Kier alpha value is -0.720. The average molecular weight is 513 g/mol. The third kappa shape index (κ3) is 5.75. The zero-order valence-corrected chi connectivity index (χ0v) is 21.9. The quantitative estimate of drug-likeness (QED) is 0.339. The van der Waals surface area contributed by atoms with Gasteiger partial charge in [0.05, 0.1) is 25.7 Å². The number of allylic oxidation sites excluding steroid dienone is 1. The normalized spacial score (nSPS) is 31.4. The Morgan fingerprint density at radius 2 is 2.00 bits per heavy atom. The van der Waals surface area contributed by atoms with Crippen LogP contribution in [0.3, 0.4) is 0 Å². The molecule has 1 aromatic rings. The van der Waals surface area contributed by atoms with Crippen LogP contribution < -0.4 is 5.32 Å². The lowest BCUT2D eigenvalue weighted by Gasteiger charge is -2.58. The molecular formula is C26H35Cl2NO3S. The van der Waals surface area contributed by atoms with Gasteiger partial charge in [-0.1, -0.05) is 32.1 Å². The number of carbonyl (C=O) groups is 1. The number of carbonyl (C=O) groups excluding carboxylic acids is 1. The Balaban J connectivity index is 1.30. The molecule has 4 atom stereocenters. The maximum Gasteiger partial charge on any atom is 0.228 e. The molecule has 0 spiro atoms. The Morgan fingerprint density at radius 1 is 1.24 bits per heavy atom. The van der Waals surface area contributed by atoms with Crippen molar-refractivity contribution >= 4 is 40.9 Å². The number of alkyl halides is 2. The van der Waals surface area contributed by atoms with Crippen molar-refractivity contribution in [1.82, 2.24) is 5.32 Å². The van der Waals surface area contributed by atoms with Gasteiger partial charge in [-0.3, -0.25) is 4.79 Å². The van der Waals surface area contributed by atoms with E-state index in [4.69, 9.17) is 32.7 Å². The molecule has 0 bridgehead atoms. The average Bonchev–Trinajstić information content (AvgIpc) is 2.76. The number of nitrogens with one attached hydrogen (secondary N) is 1. The van der Waals surface area contributed by atoms with Gasteiger partial charge in [-0.15, -0.1) is 35.0 Å². The zero-order chi connectivity index (χ0) is 23.5. The van der Waals surface area contributed by atoms with E-state index >= 15 is 0 Å². The lowest BCUT2D eigenvalue weighted by Crippen LogP contribution is -2.67. The van der Waals surface area contributed by atoms with Crippen LogP contribution in [-0.4, -0.2) is 47.3 Å². The minimum absolute atomic E-state index is 0.0127. The van der Waals surface area contributed by atoms with Crippen LogP contribution in [0.1, 0.15) is 57.9 Å². The molecule has 4 rings (SSSR count). The lowest BCUT2D eigenvalue weighted by atomic mass is 9.62. The Morgan fingerprint density at radius 3 is 2.58 bits per heavy atom. The predicted molar refractivity (Wildman–Crippen MR) is 136 cm³/mol. The number of benzene rings is 1. The predicted octanol–water partition coefficient (Wildman–Crippen LogP) is 6.08. The molecule has 4 nitrogen and oxygen atoms in total. The maximum absolute atomic E-state index is 12.5. The summed E-state index contributed by atoms with van der Waals surface area (Å²) in [5, 5.41) is 3.24. The van der Waals surface area contributed by atoms with Gasteiger partial charge in [0.2, 0.25) is 5.91 Å². The fourth-order valence-electron chi connectivity index (χ4n) is 5.18. The molecule has 1 heterocycles. The Kier molecular flexibility index (Phi) is 8.39. The summed E-state index contributed by atoms with van der Waals surface area (Å²) in [6.45, 7) is 5.58. The van der Waals surface area contributed by atoms with Crippen molar-refractivity contribution in [2.45, 2.75) is 86.1 Å². The first-order chi connectivity index (χ1) is 15.8. The monoisotopic (exact) mass is 511 g/mol. The first kappa shape index (κ1) is 25.4. The number of rotatable bonds is 8. The zero-order valence-electron chi connectivity index (χ0n) is 19.6. The summed E-state index contributed by atoms with van der Waals surface area (Å²) in [6, 6.07) is 8.26. The van der Waals surface area contributed by atoms with E-state index in [9.17, 15) is 4.79 Å². The number of amides is 1. The van der Waals surface area contributed by atoms with Crippen LogP contribution in [-0.2, 0) is 20.7 Å². The molecule has 0 aromatic heterocycles. The molecule has 1 aliphatic heterocycles. The van der Waals surface area contributed by atoms with Crippen molar-refractivity contribution in [2.75, 3.05) is 19.0 Å². The first-order valence-corrected chi connectivity index (χ1v) is 13.9. The highest BCUT2D eigenvalue weighted by Gasteiger charge is 2.59. The topological polar surface area (TPSA) is 47.6 Å². The van der Waals surface area contributed by atoms with Crippen LogP contribution in [0.15, 0.2) is 40.9 Å². The van der Waals surface area contributed by atoms with E-state index in [2.05, 4.69) is 37.4 Å². The third-order valence-corrected chi connectivity index (χ3v) is 9.45. The first-order valence-electron chi connectivity index (χ1n) is 12.1. The second-order valence-electron chi connectivity index (χ2n) is 9.79. The van der Waals surface area contributed by atoms with Crippen LogP contribution >= 0.6 is 35.0 Å². The summed E-state index contributed by atoms with van der Waals surface area (Å²) in [4.78, 5) is 13.8. The summed E-state index contributed by atoms with van der Waals surface area (Å²) in [6.07, 6.45) is 7.86. The van der Waals surface area contributed by atoms with Gasteiger partial charge in [0.1, 0.15) is 5.60 Å². The van der Waals surface area contributed by atoms with E-state index < -0.39 is 0 Å². The van der Waals surface area contributed by atoms with Crippen LogP contribution in [0.25, 0.3) is 0 Å². The minimum Gasteiger partial charge on any atom is -0.375 e. The van der Waals surface area contributed by atoms with Gasteiger partial charge in [-0.2, -0.15) is 0 Å². The fourth-order valence-corrected chi connectivity index (χ4v) is 6.74. The van der Waals surface area contributed by atoms with Crippen molar-refractivity contribution < 1.29 is 14.3 Å². The molecule has 1 saturated carbocycles. The number of halogens is 2. The van der Waals surface area contributed by atoms with Gasteiger partial charge >= 0.3 is 0 Å². The maximum atomic E-state index is 12.5. The second-order valence-corrected chi connectivity index (χ2v) is 12.3. The number of thioether (sulfide) groups is 1. The standard InChI is InChI=1S/C26H35Cl2NO3S/c1-3-33-22-10-4-18(5-11-22)14-24(30)29-20-6-8-21(9-7-20)32-26(16-31-17-26)25(2)13-12-19(27)15-23(25)28/h4-6,10-11,19,21,23H,3,7-9,12-17H2,1-2H3,(H,29,30). The van der Waals surface area contributed by atoms with Crippen LogP contribution in [0.5, 0.6) is 0 Å². The SMILES string of the molecule is CCSc1ccc(CC(=O)NC2=CCC(OC3(C4(C)CCC(Cl)CC4Cl)COC3)CC2)cc1. The highest BCUT2D eigenvalue weighted by molar-refractivity contribution is 7.99. The minimum atomic E-state index is -0.335. The van der Waals surface area contributed by atoms with Crippen molar-refractivity contribution in [2.24, 2.45) is 5.41 Å². The van der Waals surface area contributed by atoms with Gasteiger partial charge in [0.25, 0.3) is 0 Å². The molecule has 1 saturated heterocycles. The van der Waals surface area contributed by atoms with Crippen molar-refractivity contribution in [3.8, 4) is 0 Å². The lowest BCUT2D eigenvalue weighted by molar-refractivity contribution is -0.286. The highest BCUT2D eigenvalue weighted by Crippen LogP contribution is 2.53. The molecule has 1 N–H and O–H groups in total.